The number of benzene rings is 1. The van der Waals surface area contributed by atoms with Crippen LogP contribution in [0.15, 0.2) is 58.7 Å². The lowest BCUT2D eigenvalue weighted by atomic mass is 10.2. The van der Waals surface area contributed by atoms with Crippen LogP contribution in [-0.4, -0.2) is 22.1 Å². The second kappa shape index (κ2) is 7.34. The maximum absolute atomic E-state index is 12.6. The van der Waals surface area contributed by atoms with Crippen molar-refractivity contribution >= 4 is 29.4 Å². The Bertz CT molecular complexity index is 838. The second-order valence-corrected chi connectivity index (χ2v) is 4.45. The largest absolute Gasteiger partial charge is 0.478 e. The quantitative estimate of drug-likeness (QED) is 0.668. The normalized spacial score (nSPS) is 11.1. The molecular weight excluding hydrogens is 323 g/mol. The highest BCUT2D eigenvalue weighted by atomic mass is 19.4. The highest BCUT2D eigenvalue weighted by molar-refractivity contribution is 5.86. The molecule has 0 aliphatic heterocycles. The molecule has 0 amide bonds. The van der Waals surface area contributed by atoms with E-state index in [4.69, 9.17) is 5.11 Å². The minimum Gasteiger partial charge on any atom is -0.478 e. The summed E-state index contributed by atoms with van der Waals surface area (Å²) in [5.74, 6) is -1.15. The summed E-state index contributed by atoms with van der Waals surface area (Å²) in [7, 11) is 0. The summed E-state index contributed by atoms with van der Waals surface area (Å²) in [6.07, 6.45) is -0.871. The molecule has 122 valence electrons. The van der Waals surface area contributed by atoms with Crippen molar-refractivity contribution in [3.8, 4) is 0 Å². The number of rotatable bonds is 4. The monoisotopic (exact) mass is 333 g/mol. The average Bonchev–Trinajstić information content (AvgIpc) is 2.53. The van der Waals surface area contributed by atoms with Gasteiger partial charge in [-0.25, -0.2) is 4.79 Å². The number of carbonyl (C=O) groups is 1. The van der Waals surface area contributed by atoms with Crippen LogP contribution in [0.3, 0.4) is 0 Å². The molecule has 0 aliphatic carbocycles. The lowest BCUT2D eigenvalue weighted by molar-refractivity contribution is -0.137. The molecule has 8 heteroatoms. The molecule has 0 saturated carbocycles. The molecular formula is C16H10F3N3O2. The van der Waals surface area contributed by atoms with Crippen LogP contribution in [0.2, 0.25) is 0 Å². The van der Waals surface area contributed by atoms with Crippen molar-refractivity contribution in [1.82, 2.24) is 4.98 Å². The molecule has 0 unspecified atom stereocenters. The van der Waals surface area contributed by atoms with Crippen LogP contribution in [0.25, 0.3) is 6.08 Å². The number of hydrogen-bond donors (Lipinski definition) is 1. The minimum atomic E-state index is -4.46. The highest BCUT2D eigenvalue weighted by Crippen LogP contribution is 2.31. The van der Waals surface area contributed by atoms with Gasteiger partial charge >= 0.3 is 12.1 Å². The maximum atomic E-state index is 12.6. The van der Waals surface area contributed by atoms with Crippen LogP contribution in [0.1, 0.15) is 11.3 Å². The molecule has 0 atom stereocenters. The first kappa shape index (κ1) is 17.1. The Balaban J connectivity index is 2.28. The van der Waals surface area contributed by atoms with E-state index in [1.807, 2.05) is 0 Å². The van der Waals surface area contributed by atoms with E-state index in [2.05, 4.69) is 21.0 Å². The molecule has 24 heavy (non-hydrogen) atoms. The van der Waals surface area contributed by atoms with E-state index in [0.717, 1.165) is 18.2 Å². The predicted molar refractivity (Wildman–Crippen MR) is 81.5 cm³/mol. The van der Waals surface area contributed by atoms with E-state index in [1.54, 1.807) is 12.1 Å². The Hall–Kier alpha value is -3.25. The lowest BCUT2D eigenvalue weighted by Gasteiger charge is -2.05. The Morgan fingerprint density at radius 3 is 2.71 bits per heavy atom. The summed E-state index contributed by atoms with van der Waals surface area (Å²) in [6, 6.07) is 9.82. The van der Waals surface area contributed by atoms with Crippen LogP contribution in [0.4, 0.5) is 24.5 Å². The van der Waals surface area contributed by atoms with Crippen LogP contribution in [-0.2, 0) is 11.0 Å². The molecule has 1 aromatic carbocycles. The van der Waals surface area contributed by atoms with Gasteiger partial charge in [-0.2, -0.15) is 23.2 Å². The standard InChI is InChI=1S/C16H10F3N3O2/c17-16(18,19)11-3-1-4-12(9-11)21-10-22-13-5-2-8-20-14(13)6-7-15(23)24/h1-9H,(H,23,24). The Morgan fingerprint density at radius 2 is 2.00 bits per heavy atom. The second-order valence-electron chi connectivity index (χ2n) is 4.45. The molecule has 2 aromatic rings. The van der Waals surface area contributed by atoms with Crippen LogP contribution in [0.5, 0.6) is 0 Å². The van der Waals surface area contributed by atoms with Gasteiger partial charge in [0.1, 0.15) is 11.7 Å². The van der Waals surface area contributed by atoms with Crippen molar-refractivity contribution in [2.24, 2.45) is 9.98 Å². The summed E-state index contributed by atoms with van der Waals surface area (Å²) in [4.78, 5) is 22.1. The molecule has 0 spiro atoms. The van der Waals surface area contributed by atoms with Gasteiger partial charge < -0.3 is 5.11 Å². The average molecular weight is 333 g/mol. The van der Waals surface area contributed by atoms with Crippen molar-refractivity contribution in [2.75, 3.05) is 0 Å². The van der Waals surface area contributed by atoms with Crippen LogP contribution in [0, 0.1) is 0 Å². The molecule has 0 saturated heterocycles. The topological polar surface area (TPSA) is 74.9 Å². The number of carboxylic acids is 1. The number of aliphatic carboxylic acids is 1. The zero-order valence-electron chi connectivity index (χ0n) is 12.0. The van der Waals surface area contributed by atoms with Gasteiger partial charge in [0.2, 0.25) is 0 Å². The van der Waals surface area contributed by atoms with Gasteiger partial charge in [-0.1, -0.05) is 6.07 Å². The number of nitrogens with zero attached hydrogens (tertiary/aromatic N) is 3. The van der Waals surface area contributed by atoms with E-state index in [0.29, 0.717) is 0 Å². The number of pyridine rings is 1. The number of alkyl halides is 3. The fourth-order valence-electron chi connectivity index (χ4n) is 1.67. The summed E-state index contributed by atoms with van der Waals surface area (Å²) in [5, 5.41) is 8.61. The van der Waals surface area contributed by atoms with E-state index in [9.17, 15) is 18.0 Å². The number of aliphatic imine (C=N–C) groups is 2. The molecule has 0 aliphatic rings. The van der Waals surface area contributed by atoms with E-state index >= 15 is 0 Å². The van der Waals surface area contributed by atoms with E-state index in [-0.39, 0.29) is 17.1 Å². The number of halogens is 3. The molecule has 1 heterocycles. The molecule has 2 rings (SSSR count). The fourth-order valence-corrected chi connectivity index (χ4v) is 1.67. The van der Waals surface area contributed by atoms with Crippen molar-refractivity contribution < 1.29 is 23.1 Å². The third-order valence-corrected chi connectivity index (χ3v) is 2.72. The van der Waals surface area contributed by atoms with Gasteiger partial charge in [0.05, 0.1) is 16.9 Å². The van der Waals surface area contributed by atoms with Gasteiger partial charge in [-0.15, -0.1) is 0 Å². The van der Waals surface area contributed by atoms with Crippen molar-refractivity contribution in [3.05, 3.63) is 59.9 Å². The summed E-state index contributed by atoms with van der Waals surface area (Å²) in [6.45, 7) is 0. The third kappa shape index (κ3) is 4.89. The third-order valence-electron chi connectivity index (χ3n) is 2.72. The highest BCUT2D eigenvalue weighted by Gasteiger charge is 2.30. The van der Waals surface area contributed by atoms with Crippen molar-refractivity contribution in [1.29, 1.82) is 0 Å². The molecule has 0 fully saturated rings. The number of aromatic nitrogens is 1. The molecule has 1 aromatic heterocycles. The number of carboxylic acid groups (broad SMARTS) is 1. The Kier molecular flexibility index (Phi) is 5.23. The molecule has 1 N–H and O–H groups in total. The van der Waals surface area contributed by atoms with Crippen molar-refractivity contribution in [3.63, 3.8) is 0 Å². The summed E-state index contributed by atoms with van der Waals surface area (Å²) >= 11 is 0. The van der Waals surface area contributed by atoms with E-state index < -0.39 is 17.7 Å². The van der Waals surface area contributed by atoms with E-state index in [1.165, 1.54) is 24.4 Å². The first-order valence-corrected chi connectivity index (χ1v) is 6.56. The molecule has 0 radical (unpaired) electrons. The van der Waals surface area contributed by atoms with Gasteiger partial charge in [-0.05, 0) is 36.4 Å². The van der Waals surface area contributed by atoms with Gasteiger partial charge in [0, 0.05) is 12.3 Å². The molecule has 0 bridgehead atoms. The molecule has 5 nitrogen and oxygen atoms in total. The van der Waals surface area contributed by atoms with Crippen LogP contribution >= 0.6 is 0 Å². The SMILES string of the molecule is O=C(O)C=Cc1ncccc1N=C=Nc1cccc(C(F)(F)F)c1. The van der Waals surface area contributed by atoms with Crippen molar-refractivity contribution in [2.45, 2.75) is 6.18 Å². The summed E-state index contributed by atoms with van der Waals surface area (Å²) < 4.78 is 37.8. The Labute approximate surface area is 134 Å². The zero-order chi connectivity index (χ0) is 17.6. The first-order valence-electron chi connectivity index (χ1n) is 6.56. The van der Waals surface area contributed by atoms with Crippen LogP contribution < -0.4 is 0 Å². The predicted octanol–water partition coefficient (Wildman–Crippen LogP) is 4.34. The maximum Gasteiger partial charge on any atom is 0.416 e. The zero-order valence-corrected chi connectivity index (χ0v) is 12.0. The Morgan fingerprint density at radius 1 is 1.21 bits per heavy atom. The van der Waals surface area contributed by atoms with Gasteiger partial charge in [0.15, 0.2) is 0 Å². The summed E-state index contributed by atoms with van der Waals surface area (Å²) in [5.41, 5.74) is -0.227. The number of hydrogen-bond acceptors (Lipinski definition) is 4. The van der Waals surface area contributed by atoms with Gasteiger partial charge in [-0.3, -0.25) is 4.98 Å². The fraction of sp³-hybridized carbons (Fsp3) is 0.0625. The lowest BCUT2D eigenvalue weighted by Crippen LogP contribution is -2.03. The minimum absolute atomic E-state index is 0.0418. The first-order chi connectivity index (χ1) is 11.4. The smallest absolute Gasteiger partial charge is 0.416 e. The van der Waals surface area contributed by atoms with Gasteiger partial charge in [0.25, 0.3) is 0 Å².